The first-order valence-electron chi connectivity index (χ1n) is 6.23. The summed E-state index contributed by atoms with van der Waals surface area (Å²) in [7, 11) is 0. The number of carbonyl (C=O) groups excluding carboxylic acids is 2. The molecular formula is C15H12BrClN2O3. The number of hydrogen-bond acceptors (Lipinski definition) is 3. The van der Waals surface area contributed by atoms with Gasteiger partial charge in [-0.1, -0.05) is 33.6 Å². The molecule has 0 aromatic heterocycles. The van der Waals surface area contributed by atoms with Crippen LogP contribution in [0.1, 0.15) is 10.4 Å². The fourth-order valence-electron chi connectivity index (χ4n) is 1.73. The van der Waals surface area contributed by atoms with E-state index in [1.807, 2.05) is 6.07 Å². The van der Waals surface area contributed by atoms with Crippen molar-refractivity contribution in [3.05, 3.63) is 57.5 Å². The summed E-state index contributed by atoms with van der Waals surface area (Å²) < 4.78 is 6.18. The van der Waals surface area contributed by atoms with Gasteiger partial charge in [-0.15, -0.1) is 0 Å². The highest BCUT2D eigenvalue weighted by Gasteiger charge is 2.12. The molecule has 2 aromatic rings. The molecule has 0 saturated heterocycles. The van der Waals surface area contributed by atoms with Gasteiger partial charge in [0.25, 0.3) is 11.8 Å². The van der Waals surface area contributed by atoms with E-state index in [4.69, 9.17) is 22.1 Å². The molecule has 0 aliphatic carbocycles. The van der Waals surface area contributed by atoms with Crippen LogP contribution in [-0.4, -0.2) is 18.4 Å². The number of ether oxygens (including phenoxy) is 1. The van der Waals surface area contributed by atoms with E-state index in [1.54, 1.807) is 24.3 Å². The molecular weight excluding hydrogens is 372 g/mol. The molecule has 0 aliphatic heterocycles. The van der Waals surface area contributed by atoms with Crippen LogP contribution < -0.4 is 15.8 Å². The Balaban J connectivity index is 2.01. The molecule has 0 saturated carbocycles. The Morgan fingerprint density at radius 3 is 2.68 bits per heavy atom. The summed E-state index contributed by atoms with van der Waals surface area (Å²) in [4.78, 5) is 23.2. The normalized spacial score (nSPS) is 10.1. The van der Waals surface area contributed by atoms with Crippen molar-refractivity contribution in [2.45, 2.75) is 0 Å². The van der Waals surface area contributed by atoms with Gasteiger partial charge in [0.05, 0.1) is 5.56 Å². The van der Waals surface area contributed by atoms with Gasteiger partial charge in [-0.2, -0.15) is 0 Å². The Bertz CT molecular complexity index is 722. The van der Waals surface area contributed by atoms with Crippen molar-refractivity contribution < 1.29 is 14.3 Å². The first kappa shape index (κ1) is 16.3. The van der Waals surface area contributed by atoms with Crippen LogP contribution in [0.2, 0.25) is 5.02 Å². The lowest BCUT2D eigenvalue weighted by Crippen LogP contribution is -2.21. The molecule has 0 bridgehead atoms. The SMILES string of the molecule is NC(=O)c1cc(Cl)ccc1OCC(=O)Nc1cccc(Br)c1. The van der Waals surface area contributed by atoms with Gasteiger partial charge in [-0.05, 0) is 36.4 Å². The monoisotopic (exact) mass is 382 g/mol. The summed E-state index contributed by atoms with van der Waals surface area (Å²) in [6.07, 6.45) is 0. The van der Waals surface area contributed by atoms with Crippen molar-refractivity contribution in [2.75, 3.05) is 11.9 Å². The second-order valence-corrected chi connectivity index (χ2v) is 5.70. The first-order chi connectivity index (χ1) is 10.5. The minimum absolute atomic E-state index is 0.128. The molecule has 0 aliphatic rings. The van der Waals surface area contributed by atoms with Crippen molar-refractivity contribution in [3.8, 4) is 5.75 Å². The molecule has 114 valence electrons. The molecule has 3 N–H and O–H groups in total. The van der Waals surface area contributed by atoms with Crippen molar-refractivity contribution in [2.24, 2.45) is 5.73 Å². The highest BCUT2D eigenvalue weighted by molar-refractivity contribution is 9.10. The van der Waals surface area contributed by atoms with Crippen molar-refractivity contribution in [1.82, 2.24) is 0 Å². The van der Waals surface area contributed by atoms with Crippen LogP contribution in [0.3, 0.4) is 0 Å². The minimum atomic E-state index is -0.676. The molecule has 0 radical (unpaired) electrons. The van der Waals surface area contributed by atoms with Crippen molar-refractivity contribution in [1.29, 1.82) is 0 Å². The standard InChI is InChI=1S/C15H12BrClN2O3/c16-9-2-1-3-11(6-9)19-14(20)8-22-13-5-4-10(17)7-12(13)15(18)21/h1-7H,8H2,(H2,18,21)(H,19,20). The molecule has 0 heterocycles. The first-order valence-corrected chi connectivity index (χ1v) is 7.40. The van der Waals surface area contributed by atoms with Crippen LogP contribution in [0.4, 0.5) is 5.69 Å². The van der Waals surface area contributed by atoms with Crippen LogP contribution in [0, 0.1) is 0 Å². The van der Waals surface area contributed by atoms with Gasteiger partial charge in [0, 0.05) is 15.2 Å². The number of halogens is 2. The molecule has 0 atom stereocenters. The third-order valence-electron chi connectivity index (χ3n) is 2.67. The average molecular weight is 384 g/mol. The number of nitrogens with one attached hydrogen (secondary N) is 1. The minimum Gasteiger partial charge on any atom is -0.483 e. The maximum atomic E-state index is 11.9. The van der Waals surface area contributed by atoms with Gasteiger partial charge in [0.15, 0.2) is 6.61 Å². The Labute approximate surface area is 140 Å². The highest BCUT2D eigenvalue weighted by Crippen LogP contribution is 2.22. The maximum Gasteiger partial charge on any atom is 0.262 e. The van der Waals surface area contributed by atoms with Crippen LogP contribution in [0.15, 0.2) is 46.9 Å². The van der Waals surface area contributed by atoms with Crippen molar-refractivity contribution in [3.63, 3.8) is 0 Å². The lowest BCUT2D eigenvalue weighted by molar-refractivity contribution is -0.118. The van der Waals surface area contributed by atoms with Gasteiger partial charge >= 0.3 is 0 Å². The van der Waals surface area contributed by atoms with E-state index in [1.165, 1.54) is 12.1 Å². The van der Waals surface area contributed by atoms with E-state index in [9.17, 15) is 9.59 Å². The summed E-state index contributed by atoms with van der Waals surface area (Å²) in [5.41, 5.74) is 6.01. The number of amides is 2. The number of carbonyl (C=O) groups is 2. The third-order valence-corrected chi connectivity index (χ3v) is 3.40. The summed E-state index contributed by atoms with van der Waals surface area (Å²) in [5.74, 6) is -0.824. The average Bonchev–Trinajstić information content (AvgIpc) is 2.45. The quantitative estimate of drug-likeness (QED) is 0.832. The van der Waals surface area contributed by atoms with Crippen LogP contribution in [0.25, 0.3) is 0 Å². The van der Waals surface area contributed by atoms with Crippen molar-refractivity contribution >= 4 is 45.0 Å². The van der Waals surface area contributed by atoms with Gasteiger partial charge in [0.1, 0.15) is 5.75 Å². The van der Waals surface area contributed by atoms with Crippen LogP contribution in [-0.2, 0) is 4.79 Å². The zero-order chi connectivity index (χ0) is 16.1. The fraction of sp³-hybridized carbons (Fsp3) is 0.0667. The second kappa shape index (κ2) is 7.29. The summed E-state index contributed by atoms with van der Waals surface area (Å²) >= 11 is 9.11. The molecule has 22 heavy (non-hydrogen) atoms. The predicted octanol–water partition coefficient (Wildman–Crippen LogP) is 3.22. The topological polar surface area (TPSA) is 81.4 Å². The Morgan fingerprint density at radius 2 is 2.00 bits per heavy atom. The van der Waals surface area contributed by atoms with Gasteiger partial charge in [-0.3, -0.25) is 9.59 Å². The Hall–Kier alpha value is -2.05. The molecule has 7 heteroatoms. The molecule has 2 rings (SSSR count). The predicted molar refractivity (Wildman–Crippen MR) is 88.2 cm³/mol. The molecule has 0 fully saturated rings. The van der Waals surface area contributed by atoms with E-state index >= 15 is 0 Å². The molecule has 5 nitrogen and oxygen atoms in total. The van der Waals surface area contributed by atoms with E-state index in [-0.39, 0.29) is 23.8 Å². The highest BCUT2D eigenvalue weighted by atomic mass is 79.9. The van der Waals surface area contributed by atoms with Gasteiger partial charge in [-0.25, -0.2) is 0 Å². The summed E-state index contributed by atoms with van der Waals surface area (Å²) in [5, 5.41) is 3.04. The Kier molecular flexibility index (Phi) is 5.41. The third kappa shape index (κ3) is 4.47. The zero-order valence-electron chi connectivity index (χ0n) is 11.3. The number of nitrogens with two attached hydrogens (primary N) is 1. The molecule has 2 amide bonds. The fourth-order valence-corrected chi connectivity index (χ4v) is 2.30. The van der Waals surface area contributed by atoms with E-state index < -0.39 is 5.91 Å². The van der Waals surface area contributed by atoms with Gasteiger partial charge in [0.2, 0.25) is 0 Å². The summed E-state index contributed by atoms with van der Waals surface area (Å²) in [6.45, 7) is -0.256. The molecule has 0 unspecified atom stereocenters. The second-order valence-electron chi connectivity index (χ2n) is 4.35. The van der Waals surface area contributed by atoms with Crippen LogP contribution >= 0.6 is 27.5 Å². The zero-order valence-corrected chi connectivity index (χ0v) is 13.6. The number of primary amides is 1. The lowest BCUT2D eigenvalue weighted by atomic mass is 10.2. The van der Waals surface area contributed by atoms with Crippen LogP contribution in [0.5, 0.6) is 5.75 Å². The number of benzene rings is 2. The number of rotatable bonds is 5. The largest absolute Gasteiger partial charge is 0.483 e. The van der Waals surface area contributed by atoms with E-state index in [2.05, 4.69) is 21.2 Å². The van der Waals surface area contributed by atoms with E-state index in [0.717, 1.165) is 4.47 Å². The van der Waals surface area contributed by atoms with E-state index in [0.29, 0.717) is 10.7 Å². The molecule has 2 aromatic carbocycles. The van der Waals surface area contributed by atoms with Gasteiger partial charge < -0.3 is 15.8 Å². The summed E-state index contributed by atoms with van der Waals surface area (Å²) in [6, 6.07) is 11.6. The Morgan fingerprint density at radius 1 is 1.23 bits per heavy atom. The lowest BCUT2D eigenvalue weighted by Gasteiger charge is -2.10. The molecule has 0 spiro atoms. The number of hydrogen-bond donors (Lipinski definition) is 2. The smallest absolute Gasteiger partial charge is 0.262 e. The maximum absolute atomic E-state index is 11.9. The number of anilines is 1.